The fraction of sp³-hybridized carbons (Fsp3) is 0.933. The lowest BCUT2D eigenvalue weighted by Crippen LogP contribution is -2.14. The molecule has 0 aromatic heterocycles. The predicted octanol–water partition coefficient (Wildman–Crippen LogP) is 0.779. The van der Waals surface area contributed by atoms with Gasteiger partial charge in [0.25, 0.3) is 0 Å². The van der Waals surface area contributed by atoms with Crippen molar-refractivity contribution in [1.82, 2.24) is 0 Å². The first-order valence-electron chi connectivity index (χ1n) is 7.88. The Bertz CT molecular complexity index is 236. The Hall–Kier alpha value is -0.730. The molecule has 0 amide bonds. The fourth-order valence-electron chi connectivity index (χ4n) is 1.43. The molecule has 132 valence electrons. The molecule has 0 saturated heterocycles. The van der Waals surface area contributed by atoms with Crippen LogP contribution in [0.2, 0.25) is 0 Å². The molecule has 0 fully saturated rings. The van der Waals surface area contributed by atoms with E-state index in [1.165, 1.54) is 0 Å². The van der Waals surface area contributed by atoms with Crippen molar-refractivity contribution in [3.63, 3.8) is 0 Å². The summed E-state index contributed by atoms with van der Waals surface area (Å²) in [5.74, 6) is -0.165. The van der Waals surface area contributed by atoms with Crippen molar-refractivity contribution in [2.75, 3.05) is 66.1 Å². The van der Waals surface area contributed by atoms with Gasteiger partial charge < -0.3 is 28.8 Å². The minimum absolute atomic E-state index is 0.0288. The lowest BCUT2D eigenvalue weighted by Gasteiger charge is -2.07. The number of carbonyl (C=O) groups excluding carboxylic acids is 1. The summed E-state index contributed by atoms with van der Waals surface area (Å²) in [4.78, 5) is 11.2. The monoisotopic (exact) mass is 322 g/mol. The van der Waals surface area contributed by atoms with E-state index in [2.05, 4.69) is 0 Å². The van der Waals surface area contributed by atoms with Crippen molar-refractivity contribution in [2.45, 2.75) is 26.2 Å². The van der Waals surface area contributed by atoms with E-state index in [9.17, 15) is 4.79 Å². The molecule has 0 radical (unpaired) electrons. The Morgan fingerprint density at radius 3 is 1.68 bits per heavy atom. The molecule has 0 aromatic rings. The first-order valence-corrected chi connectivity index (χ1v) is 7.88. The van der Waals surface area contributed by atoms with Gasteiger partial charge >= 0.3 is 5.97 Å². The van der Waals surface area contributed by atoms with Gasteiger partial charge in [-0.3, -0.25) is 4.79 Å². The van der Waals surface area contributed by atoms with Crippen molar-refractivity contribution in [1.29, 1.82) is 0 Å². The molecule has 0 atom stereocenters. The van der Waals surface area contributed by atoms with Crippen LogP contribution in [0.15, 0.2) is 0 Å². The van der Waals surface area contributed by atoms with Gasteiger partial charge in [-0.2, -0.15) is 0 Å². The molecule has 22 heavy (non-hydrogen) atoms. The summed E-state index contributed by atoms with van der Waals surface area (Å²) in [5.41, 5.74) is 0. The minimum Gasteiger partial charge on any atom is -0.463 e. The molecular formula is C15H30O7. The number of unbranched alkanes of at least 4 members (excludes halogenated alkanes) is 1. The van der Waals surface area contributed by atoms with E-state index < -0.39 is 0 Å². The van der Waals surface area contributed by atoms with Crippen molar-refractivity contribution >= 4 is 5.97 Å². The van der Waals surface area contributed by atoms with E-state index in [-0.39, 0.29) is 12.6 Å². The van der Waals surface area contributed by atoms with Gasteiger partial charge in [0.05, 0.1) is 59.5 Å². The first-order chi connectivity index (χ1) is 10.8. The Kier molecular flexibility index (Phi) is 17.7. The van der Waals surface area contributed by atoms with Gasteiger partial charge in [-0.05, 0) is 6.42 Å². The second-order valence-corrected chi connectivity index (χ2v) is 4.50. The van der Waals surface area contributed by atoms with Crippen LogP contribution in [0, 0.1) is 0 Å². The number of carbonyl (C=O) groups is 1. The molecule has 7 nitrogen and oxygen atoms in total. The summed E-state index contributed by atoms with van der Waals surface area (Å²) in [6, 6.07) is 0. The highest BCUT2D eigenvalue weighted by atomic mass is 16.6. The van der Waals surface area contributed by atoms with Crippen LogP contribution < -0.4 is 0 Å². The van der Waals surface area contributed by atoms with E-state index in [0.717, 1.165) is 12.8 Å². The second-order valence-electron chi connectivity index (χ2n) is 4.50. The smallest absolute Gasteiger partial charge is 0.305 e. The van der Waals surface area contributed by atoms with Gasteiger partial charge in [-0.15, -0.1) is 0 Å². The zero-order chi connectivity index (χ0) is 16.3. The number of aliphatic hydroxyl groups is 1. The van der Waals surface area contributed by atoms with Crippen LogP contribution in [0.25, 0.3) is 0 Å². The Morgan fingerprint density at radius 1 is 0.773 bits per heavy atom. The minimum atomic E-state index is -0.165. The lowest BCUT2D eigenvalue weighted by atomic mass is 10.2. The highest BCUT2D eigenvalue weighted by Gasteiger charge is 2.00. The maximum atomic E-state index is 11.2. The zero-order valence-electron chi connectivity index (χ0n) is 13.6. The van der Waals surface area contributed by atoms with Crippen molar-refractivity contribution < 1.29 is 33.6 Å². The molecule has 1 N–H and O–H groups in total. The van der Waals surface area contributed by atoms with Gasteiger partial charge in [0.2, 0.25) is 0 Å². The predicted molar refractivity (Wildman–Crippen MR) is 80.8 cm³/mol. The zero-order valence-corrected chi connectivity index (χ0v) is 13.6. The average Bonchev–Trinajstić information content (AvgIpc) is 2.53. The molecule has 0 aliphatic carbocycles. The van der Waals surface area contributed by atoms with Gasteiger partial charge in [-0.25, -0.2) is 0 Å². The normalized spacial score (nSPS) is 10.8. The van der Waals surface area contributed by atoms with Crippen molar-refractivity contribution in [3.05, 3.63) is 0 Å². The van der Waals surface area contributed by atoms with Gasteiger partial charge in [0.15, 0.2) is 0 Å². The second kappa shape index (κ2) is 18.3. The number of rotatable bonds is 17. The van der Waals surface area contributed by atoms with Crippen LogP contribution in [0.5, 0.6) is 0 Å². The summed E-state index contributed by atoms with van der Waals surface area (Å²) in [6.07, 6.45) is 2.33. The number of hydrogen-bond donors (Lipinski definition) is 1. The third-order valence-electron chi connectivity index (χ3n) is 2.58. The summed E-state index contributed by atoms with van der Waals surface area (Å²) in [7, 11) is 0. The number of esters is 1. The summed E-state index contributed by atoms with van der Waals surface area (Å²) in [6.45, 7) is 5.98. The van der Waals surface area contributed by atoms with Crippen LogP contribution >= 0.6 is 0 Å². The van der Waals surface area contributed by atoms with E-state index in [0.29, 0.717) is 65.9 Å². The summed E-state index contributed by atoms with van der Waals surface area (Å²) in [5, 5.41) is 8.48. The molecule has 0 saturated carbocycles. The van der Waals surface area contributed by atoms with Gasteiger partial charge in [-0.1, -0.05) is 13.3 Å². The molecule has 7 heteroatoms. The highest BCUT2D eigenvalue weighted by molar-refractivity contribution is 5.69. The molecule has 0 aliphatic rings. The molecule has 0 aromatic carbocycles. The standard InChI is InChI=1S/C15H30O7/c1-2-3-4-15(17)22-14-13-21-12-11-20-10-9-19-8-7-18-6-5-16/h16H,2-14H2,1H3. The molecule has 0 aliphatic heterocycles. The average molecular weight is 322 g/mol. The van der Waals surface area contributed by atoms with Crippen LogP contribution in [-0.2, 0) is 28.5 Å². The van der Waals surface area contributed by atoms with Crippen LogP contribution in [0.1, 0.15) is 26.2 Å². The van der Waals surface area contributed by atoms with E-state index in [1.54, 1.807) is 0 Å². The van der Waals surface area contributed by atoms with E-state index in [4.69, 9.17) is 28.8 Å². The molecule has 0 heterocycles. The first kappa shape index (κ1) is 21.3. The third-order valence-corrected chi connectivity index (χ3v) is 2.58. The summed E-state index contributed by atoms with van der Waals surface area (Å²) < 4.78 is 25.9. The van der Waals surface area contributed by atoms with Gasteiger partial charge in [0.1, 0.15) is 6.61 Å². The molecule has 0 spiro atoms. The van der Waals surface area contributed by atoms with E-state index >= 15 is 0 Å². The highest BCUT2D eigenvalue weighted by Crippen LogP contribution is 1.96. The number of hydrogen-bond acceptors (Lipinski definition) is 7. The Morgan fingerprint density at radius 2 is 1.23 bits per heavy atom. The quantitative estimate of drug-likeness (QED) is 0.313. The molecular weight excluding hydrogens is 292 g/mol. The molecule has 0 bridgehead atoms. The fourth-order valence-corrected chi connectivity index (χ4v) is 1.43. The number of ether oxygens (including phenoxy) is 5. The number of aliphatic hydroxyl groups excluding tert-OH is 1. The van der Waals surface area contributed by atoms with Crippen molar-refractivity contribution in [3.8, 4) is 0 Å². The Labute approximate surface area is 132 Å². The third kappa shape index (κ3) is 17.3. The van der Waals surface area contributed by atoms with Crippen LogP contribution in [0.3, 0.4) is 0 Å². The lowest BCUT2D eigenvalue weighted by molar-refractivity contribution is -0.145. The SMILES string of the molecule is CCCCC(=O)OCCOCCOCCOCCOCCO. The van der Waals surface area contributed by atoms with Crippen molar-refractivity contribution in [2.24, 2.45) is 0 Å². The molecule has 0 rings (SSSR count). The van der Waals surface area contributed by atoms with Crippen LogP contribution in [-0.4, -0.2) is 77.1 Å². The largest absolute Gasteiger partial charge is 0.463 e. The summed E-state index contributed by atoms with van der Waals surface area (Å²) >= 11 is 0. The van der Waals surface area contributed by atoms with Gasteiger partial charge in [0, 0.05) is 6.42 Å². The maximum absolute atomic E-state index is 11.2. The van der Waals surface area contributed by atoms with Crippen LogP contribution in [0.4, 0.5) is 0 Å². The Balaban J connectivity index is 3.04. The van der Waals surface area contributed by atoms with E-state index in [1.807, 2.05) is 6.92 Å². The molecule has 0 unspecified atom stereocenters. The topological polar surface area (TPSA) is 83.5 Å². The maximum Gasteiger partial charge on any atom is 0.305 e.